The van der Waals surface area contributed by atoms with Crippen LogP contribution in [-0.2, 0) is 12.3 Å². The summed E-state index contributed by atoms with van der Waals surface area (Å²) < 4.78 is 18.3. The lowest BCUT2D eigenvalue weighted by atomic mass is 10.2. The van der Waals surface area contributed by atoms with Crippen molar-refractivity contribution in [3.8, 4) is 5.75 Å². The molecule has 0 fully saturated rings. The molecule has 0 aliphatic heterocycles. The van der Waals surface area contributed by atoms with Crippen molar-refractivity contribution < 1.29 is 9.13 Å². The molecule has 2 N–H and O–H groups in total. The third-order valence-electron chi connectivity index (χ3n) is 2.87. The van der Waals surface area contributed by atoms with Crippen LogP contribution in [0.3, 0.4) is 0 Å². The van der Waals surface area contributed by atoms with Gasteiger partial charge in [-0.15, -0.1) is 0 Å². The minimum absolute atomic E-state index is 0.238. The first-order valence-corrected chi connectivity index (χ1v) is 7.46. The average molecular weight is 304 g/mol. The Morgan fingerprint density at radius 1 is 1.24 bits per heavy atom. The van der Waals surface area contributed by atoms with Crippen LogP contribution in [0.1, 0.15) is 11.1 Å². The summed E-state index contributed by atoms with van der Waals surface area (Å²) in [6.45, 7) is 0.464. The summed E-state index contributed by atoms with van der Waals surface area (Å²) in [5.41, 5.74) is 7.74. The number of amidine groups is 1. The summed E-state index contributed by atoms with van der Waals surface area (Å²) in [6, 6.07) is 14.2. The number of rotatable bonds is 5. The van der Waals surface area contributed by atoms with Crippen LogP contribution in [0.15, 0.2) is 53.5 Å². The fraction of sp³-hybridized carbons (Fsp3) is 0.188. The van der Waals surface area contributed by atoms with Gasteiger partial charge in [-0.2, -0.15) is 0 Å². The zero-order valence-corrected chi connectivity index (χ0v) is 12.6. The van der Waals surface area contributed by atoms with E-state index in [2.05, 4.69) is 4.99 Å². The number of benzene rings is 2. The third-order valence-corrected chi connectivity index (χ3v) is 3.78. The average Bonchev–Trinajstić information content (AvgIpc) is 2.51. The van der Waals surface area contributed by atoms with Gasteiger partial charge in [-0.3, -0.25) is 4.99 Å². The molecule has 2 aromatic rings. The normalized spacial score (nSPS) is 11.4. The quantitative estimate of drug-likeness (QED) is 0.678. The van der Waals surface area contributed by atoms with Gasteiger partial charge in [0.1, 0.15) is 11.6 Å². The highest BCUT2D eigenvalue weighted by Gasteiger charge is 2.02. The predicted molar refractivity (Wildman–Crippen MR) is 86.0 cm³/mol. The van der Waals surface area contributed by atoms with Crippen LogP contribution in [-0.4, -0.2) is 12.3 Å². The summed E-state index contributed by atoms with van der Waals surface area (Å²) >= 11 is 1.39. The number of thioether (sulfide) groups is 1. The van der Waals surface area contributed by atoms with E-state index < -0.39 is 0 Å². The number of para-hydroxylation sites is 1. The molecule has 0 aliphatic rings. The summed E-state index contributed by atoms with van der Waals surface area (Å²) in [6.07, 6.45) is 0. The fourth-order valence-corrected chi connectivity index (χ4v) is 2.48. The number of aliphatic imine (C=N–C) groups is 1. The van der Waals surface area contributed by atoms with Gasteiger partial charge in [0, 0.05) is 11.3 Å². The van der Waals surface area contributed by atoms with E-state index in [-0.39, 0.29) is 5.82 Å². The smallest absolute Gasteiger partial charge is 0.154 e. The van der Waals surface area contributed by atoms with Crippen LogP contribution >= 0.6 is 11.8 Å². The first-order chi connectivity index (χ1) is 10.2. The molecule has 0 heterocycles. The second kappa shape index (κ2) is 7.69. The third kappa shape index (κ3) is 4.79. The van der Waals surface area contributed by atoms with E-state index in [0.29, 0.717) is 17.5 Å². The molecule has 21 heavy (non-hydrogen) atoms. The van der Waals surface area contributed by atoms with Gasteiger partial charge < -0.3 is 10.5 Å². The molecule has 2 rings (SSSR count). The van der Waals surface area contributed by atoms with Gasteiger partial charge >= 0.3 is 0 Å². The summed E-state index contributed by atoms with van der Waals surface area (Å²) in [7, 11) is 1.63. The fourth-order valence-electron chi connectivity index (χ4n) is 1.83. The van der Waals surface area contributed by atoms with Crippen molar-refractivity contribution in [3.63, 3.8) is 0 Å². The Kier molecular flexibility index (Phi) is 5.63. The Bertz CT molecular complexity index is 631. The van der Waals surface area contributed by atoms with Crippen molar-refractivity contribution in [3.05, 3.63) is 65.5 Å². The van der Waals surface area contributed by atoms with Gasteiger partial charge in [0.05, 0.1) is 13.7 Å². The Labute approximate surface area is 128 Å². The number of nitrogens with zero attached hydrogens (tertiary/aromatic N) is 1. The molecule has 110 valence electrons. The maximum atomic E-state index is 13.1. The van der Waals surface area contributed by atoms with Gasteiger partial charge in [-0.25, -0.2) is 4.39 Å². The first-order valence-electron chi connectivity index (χ1n) is 6.48. The van der Waals surface area contributed by atoms with Crippen LogP contribution in [0.2, 0.25) is 0 Å². The summed E-state index contributed by atoms with van der Waals surface area (Å²) in [5, 5.41) is 0.477. The summed E-state index contributed by atoms with van der Waals surface area (Å²) in [5.74, 6) is 1.15. The number of hydrogen-bond acceptors (Lipinski definition) is 3. The highest BCUT2D eigenvalue weighted by atomic mass is 32.2. The molecule has 0 aliphatic carbocycles. The molecule has 0 atom stereocenters. The molecule has 0 spiro atoms. The first kappa shape index (κ1) is 15.4. The minimum atomic E-state index is -0.238. The largest absolute Gasteiger partial charge is 0.496 e. The van der Waals surface area contributed by atoms with E-state index in [1.54, 1.807) is 13.2 Å². The van der Waals surface area contributed by atoms with Crippen molar-refractivity contribution in [1.29, 1.82) is 0 Å². The SMILES string of the molecule is COc1ccccc1CN=C(N)SCc1cccc(F)c1. The topological polar surface area (TPSA) is 47.6 Å². The Balaban J connectivity index is 1.92. The predicted octanol–water partition coefficient (Wildman–Crippen LogP) is 3.58. The standard InChI is InChI=1S/C16H17FN2OS/c1-20-15-8-3-2-6-13(15)10-19-16(18)21-11-12-5-4-7-14(17)9-12/h2-9H,10-11H2,1H3,(H2,18,19). The Morgan fingerprint density at radius 2 is 2.05 bits per heavy atom. The number of nitrogens with two attached hydrogens (primary N) is 1. The molecular weight excluding hydrogens is 287 g/mol. The van der Waals surface area contributed by atoms with Crippen molar-refractivity contribution in [2.24, 2.45) is 10.7 Å². The van der Waals surface area contributed by atoms with Crippen molar-refractivity contribution >= 4 is 16.9 Å². The second-order valence-corrected chi connectivity index (χ2v) is 5.38. The lowest BCUT2D eigenvalue weighted by molar-refractivity contribution is 0.410. The van der Waals surface area contributed by atoms with Gasteiger partial charge in [0.2, 0.25) is 0 Å². The number of hydrogen-bond donors (Lipinski definition) is 1. The zero-order valence-electron chi connectivity index (χ0n) is 11.8. The molecular formula is C16H17FN2OS. The Morgan fingerprint density at radius 3 is 2.81 bits per heavy atom. The molecule has 0 amide bonds. The van der Waals surface area contributed by atoms with Crippen LogP contribution < -0.4 is 10.5 Å². The maximum absolute atomic E-state index is 13.1. The molecule has 0 bridgehead atoms. The highest BCUT2D eigenvalue weighted by molar-refractivity contribution is 8.13. The molecule has 0 radical (unpaired) electrons. The Hall–Kier alpha value is -2.01. The van der Waals surface area contributed by atoms with Crippen LogP contribution in [0.5, 0.6) is 5.75 Å². The zero-order chi connectivity index (χ0) is 15.1. The molecule has 2 aromatic carbocycles. The highest BCUT2D eigenvalue weighted by Crippen LogP contribution is 2.19. The van der Waals surface area contributed by atoms with Gasteiger partial charge in [-0.05, 0) is 23.8 Å². The number of ether oxygens (including phenoxy) is 1. The molecule has 5 heteroatoms. The number of methoxy groups -OCH3 is 1. The van der Waals surface area contributed by atoms with Crippen LogP contribution in [0, 0.1) is 5.82 Å². The maximum Gasteiger partial charge on any atom is 0.154 e. The van der Waals surface area contributed by atoms with Gasteiger partial charge in [0.25, 0.3) is 0 Å². The lowest BCUT2D eigenvalue weighted by Crippen LogP contribution is -2.07. The molecule has 0 aromatic heterocycles. The molecule has 0 saturated heterocycles. The minimum Gasteiger partial charge on any atom is -0.496 e. The van der Waals surface area contributed by atoms with E-state index in [1.165, 1.54) is 23.9 Å². The van der Waals surface area contributed by atoms with E-state index >= 15 is 0 Å². The number of halogens is 1. The van der Waals surface area contributed by atoms with E-state index in [0.717, 1.165) is 16.9 Å². The van der Waals surface area contributed by atoms with Crippen molar-refractivity contribution in [2.75, 3.05) is 7.11 Å². The summed E-state index contributed by atoms with van der Waals surface area (Å²) in [4.78, 5) is 4.32. The van der Waals surface area contributed by atoms with E-state index in [9.17, 15) is 4.39 Å². The van der Waals surface area contributed by atoms with Crippen LogP contribution in [0.4, 0.5) is 4.39 Å². The van der Waals surface area contributed by atoms with E-state index in [1.807, 2.05) is 30.3 Å². The molecule has 3 nitrogen and oxygen atoms in total. The molecule has 0 unspecified atom stereocenters. The second-order valence-electron chi connectivity index (χ2n) is 4.38. The van der Waals surface area contributed by atoms with Crippen molar-refractivity contribution in [2.45, 2.75) is 12.3 Å². The van der Waals surface area contributed by atoms with Crippen molar-refractivity contribution in [1.82, 2.24) is 0 Å². The van der Waals surface area contributed by atoms with Gasteiger partial charge in [0.15, 0.2) is 5.17 Å². The molecule has 0 saturated carbocycles. The van der Waals surface area contributed by atoms with Gasteiger partial charge in [-0.1, -0.05) is 42.1 Å². The van der Waals surface area contributed by atoms with Crippen LogP contribution in [0.25, 0.3) is 0 Å². The lowest BCUT2D eigenvalue weighted by Gasteiger charge is -2.06. The van der Waals surface area contributed by atoms with E-state index in [4.69, 9.17) is 10.5 Å². The monoisotopic (exact) mass is 304 g/mol.